The number of benzene rings is 3. The molecule has 1 aromatic heterocycles. The highest BCUT2D eigenvalue weighted by molar-refractivity contribution is 9.10. The maximum atomic E-state index is 12.4. The van der Waals surface area contributed by atoms with Crippen LogP contribution in [0.1, 0.15) is 11.4 Å². The summed E-state index contributed by atoms with van der Waals surface area (Å²) in [4.78, 5) is 12.4. The number of rotatable bonds is 9. The Hall–Kier alpha value is -3.10. The van der Waals surface area contributed by atoms with Crippen molar-refractivity contribution in [3.05, 3.63) is 89.2 Å². The maximum Gasteiger partial charge on any atom is 0.234 e. The van der Waals surface area contributed by atoms with E-state index in [-0.39, 0.29) is 18.3 Å². The summed E-state index contributed by atoms with van der Waals surface area (Å²) in [7, 11) is 0. The lowest BCUT2D eigenvalue weighted by atomic mass is 10.1. The summed E-state index contributed by atoms with van der Waals surface area (Å²) in [5.74, 6) is 1.58. The third-order valence-corrected chi connectivity index (χ3v) is 6.84. The first-order chi connectivity index (χ1) is 16.0. The van der Waals surface area contributed by atoms with Gasteiger partial charge >= 0.3 is 0 Å². The van der Waals surface area contributed by atoms with E-state index in [2.05, 4.69) is 50.2 Å². The molecule has 0 saturated carbocycles. The molecular formula is C25H23BrN4O2S. The number of ether oxygens (including phenoxy) is 1. The standard InChI is InChI=1S/C25H23BrN4O2S/c1-3-13-30-23(15-32-22-10-6-8-18-7-4-5-9-20(18)22)28-29-25(30)33-16-24(31)27-19-11-12-21(26)17(2)14-19/h3-12,14H,1,13,15-16H2,2H3,(H,27,31). The van der Waals surface area contributed by atoms with E-state index in [1.54, 1.807) is 6.08 Å². The number of anilines is 1. The zero-order valence-corrected chi connectivity index (χ0v) is 20.5. The van der Waals surface area contributed by atoms with Crippen LogP contribution in [0.5, 0.6) is 5.75 Å². The van der Waals surface area contributed by atoms with Crippen molar-refractivity contribution in [1.29, 1.82) is 0 Å². The molecule has 0 aliphatic carbocycles. The fourth-order valence-corrected chi connectivity index (χ4v) is 4.37. The number of aromatic nitrogens is 3. The number of hydrogen-bond acceptors (Lipinski definition) is 5. The van der Waals surface area contributed by atoms with Crippen molar-refractivity contribution in [1.82, 2.24) is 14.8 Å². The summed E-state index contributed by atoms with van der Waals surface area (Å²) in [5, 5.41) is 14.3. The van der Waals surface area contributed by atoms with Gasteiger partial charge in [0.15, 0.2) is 11.0 Å². The van der Waals surface area contributed by atoms with E-state index in [9.17, 15) is 4.79 Å². The third kappa shape index (κ3) is 5.64. The second-order valence-electron chi connectivity index (χ2n) is 7.36. The molecule has 0 saturated heterocycles. The normalized spacial score (nSPS) is 10.8. The van der Waals surface area contributed by atoms with Gasteiger partial charge in [-0.2, -0.15) is 0 Å². The molecule has 6 nitrogen and oxygen atoms in total. The Kier molecular flexibility index (Phi) is 7.47. The number of carbonyl (C=O) groups excluding carboxylic acids is 1. The summed E-state index contributed by atoms with van der Waals surface area (Å²) in [5.41, 5.74) is 1.82. The van der Waals surface area contributed by atoms with E-state index in [1.807, 2.05) is 60.0 Å². The van der Waals surface area contributed by atoms with Gasteiger partial charge in [0.05, 0.1) is 5.75 Å². The van der Waals surface area contributed by atoms with Gasteiger partial charge in [0.1, 0.15) is 12.4 Å². The zero-order valence-electron chi connectivity index (χ0n) is 18.1. The van der Waals surface area contributed by atoms with Crippen LogP contribution >= 0.6 is 27.7 Å². The summed E-state index contributed by atoms with van der Waals surface area (Å²) >= 11 is 4.80. The monoisotopic (exact) mass is 522 g/mol. The van der Waals surface area contributed by atoms with E-state index in [0.29, 0.717) is 17.5 Å². The fourth-order valence-electron chi connectivity index (χ4n) is 3.36. The number of aryl methyl sites for hydroxylation is 1. The Morgan fingerprint density at radius 1 is 1.18 bits per heavy atom. The minimum atomic E-state index is -0.108. The summed E-state index contributed by atoms with van der Waals surface area (Å²) in [6.07, 6.45) is 1.78. The molecule has 0 bridgehead atoms. The minimum absolute atomic E-state index is 0.108. The molecule has 0 aliphatic heterocycles. The van der Waals surface area contributed by atoms with Gasteiger partial charge < -0.3 is 10.1 Å². The number of nitrogens with one attached hydrogen (secondary N) is 1. The quantitative estimate of drug-likeness (QED) is 0.215. The molecule has 0 atom stereocenters. The van der Waals surface area contributed by atoms with Crippen molar-refractivity contribution >= 4 is 50.1 Å². The van der Waals surface area contributed by atoms with Crippen LogP contribution < -0.4 is 10.1 Å². The van der Waals surface area contributed by atoms with E-state index < -0.39 is 0 Å². The minimum Gasteiger partial charge on any atom is -0.485 e. The lowest BCUT2D eigenvalue weighted by Gasteiger charge is -2.11. The Bertz CT molecular complexity index is 1300. The second-order valence-corrected chi connectivity index (χ2v) is 9.16. The van der Waals surface area contributed by atoms with Gasteiger partial charge in [-0.05, 0) is 42.1 Å². The molecule has 0 aliphatic rings. The van der Waals surface area contributed by atoms with E-state index in [1.165, 1.54) is 11.8 Å². The van der Waals surface area contributed by atoms with Crippen LogP contribution in [-0.4, -0.2) is 26.4 Å². The highest BCUT2D eigenvalue weighted by Crippen LogP contribution is 2.26. The molecule has 1 amide bonds. The largest absolute Gasteiger partial charge is 0.485 e. The van der Waals surface area contributed by atoms with Gasteiger partial charge in [0, 0.05) is 22.1 Å². The van der Waals surface area contributed by atoms with Crippen LogP contribution in [0, 0.1) is 6.92 Å². The SMILES string of the molecule is C=CCn1c(COc2cccc3ccccc23)nnc1SCC(=O)Nc1ccc(Br)c(C)c1. The van der Waals surface area contributed by atoms with Crippen molar-refractivity contribution in [2.75, 3.05) is 11.1 Å². The molecule has 3 aromatic carbocycles. The first-order valence-corrected chi connectivity index (χ1v) is 12.2. The van der Waals surface area contributed by atoms with Crippen molar-refractivity contribution in [3.63, 3.8) is 0 Å². The molecule has 8 heteroatoms. The Morgan fingerprint density at radius 2 is 2.00 bits per heavy atom. The topological polar surface area (TPSA) is 69.0 Å². The lowest BCUT2D eigenvalue weighted by molar-refractivity contribution is -0.113. The van der Waals surface area contributed by atoms with Crippen LogP contribution in [0.15, 0.2) is 82.9 Å². The van der Waals surface area contributed by atoms with Crippen LogP contribution in [0.2, 0.25) is 0 Å². The molecule has 1 heterocycles. The maximum absolute atomic E-state index is 12.4. The lowest BCUT2D eigenvalue weighted by Crippen LogP contribution is -2.15. The molecule has 1 N–H and O–H groups in total. The molecule has 4 rings (SSSR count). The smallest absolute Gasteiger partial charge is 0.234 e. The molecule has 0 fully saturated rings. The average Bonchev–Trinajstić information content (AvgIpc) is 3.20. The number of carbonyl (C=O) groups is 1. The van der Waals surface area contributed by atoms with Crippen LogP contribution in [0.25, 0.3) is 10.8 Å². The molecule has 0 spiro atoms. The number of halogens is 1. The molecule has 4 aromatic rings. The van der Waals surface area contributed by atoms with Crippen molar-refractivity contribution in [2.24, 2.45) is 0 Å². The zero-order chi connectivity index (χ0) is 23.2. The summed E-state index contributed by atoms with van der Waals surface area (Å²) in [6, 6.07) is 19.8. The molecule has 33 heavy (non-hydrogen) atoms. The first kappa shape index (κ1) is 23.1. The predicted octanol–water partition coefficient (Wildman–Crippen LogP) is 6.00. The van der Waals surface area contributed by atoms with E-state index in [4.69, 9.17) is 4.74 Å². The van der Waals surface area contributed by atoms with Crippen LogP contribution in [0.4, 0.5) is 5.69 Å². The van der Waals surface area contributed by atoms with Gasteiger partial charge in [-0.15, -0.1) is 16.8 Å². The number of allylic oxidation sites excluding steroid dienone is 1. The summed E-state index contributed by atoms with van der Waals surface area (Å²) < 4.78 is 9.00. The van der Waals surface area contributed by atoms with Gasteiger partial charge in [-0.1, -0.05) is 70.2 Å². The van der Waals surface area contributed by atoms with Crippen LogP contribution in [0.3, 0.4) is 0 Å². The highest BCUT2D eigenvalue weighted by atomic mass is 79.9. The highest BCUT2D eigenvalue weighted by Gasteiger charge is 2.15. The Balaban J connectivity index is 1.42. The van der Waals surface area contributed by atoms with Crippen LogP contribution in [-0.2, 0) is 17.9 Å². The van der Waals surface area contributed by atoms with Crippen molar-refractivity contribution in [3.8, 4) is 5.75 Å². The molecule has 168 valence electrons. The van der Waals surface area contributed by atoms with Gasteiger partial charge in [0.25, 0.3) is 0 Å². The Morgan fingerprint density at radius 3 is 2.82 bits per heavy atom. The predicted molar refractivity (Wildman–Crippen MR) is 137 cm³/mol. The number of hydrogen-bond donors (Lipinski definition) is 1. The fraction of sp³-hybridized carbons (Fsp3) is 0.160. The molecule has 0 unspecified atom stereocenters. The second kappa shape index (κ2) is 10.7. The number of amides is 1. The number of fused-ring (bicyclic) bond motifs is 1. The Labute approximate surface area is 205 Å². The molecular weight excluding hydrogens is 500 g/mol. The van der Waals surface area contributed by atoms with Gasteiger partial charge in [0.2, 0.25) is 5.91 Å². The summed E-state index contributed by atoms with van der Waals surface area (Å²) in [6.45, 7) is 6.60. The average molecular weight is 523 g/mol. The number of thioether (sulfide) groups is 1. The number of nitrogens with zero attached hydrogens (tertiary/aromatic N) is 3. The van der Waals surface area contributed by atoms with Crippen molar-refractivity contribution in [2.45, 2.75) is 25.2 Å². The van der Waals surface area contributed by atoms with Gasteiger partial charge in [-0.25, -0.2) is 0 Å². The van der Waals surface area contributed by atoms with Gasteiger partial charge in [-0.3, -0.25) is 9.36 Å². The first-order valence-electron chi connectivity index (χ1n) is 10.4. The van der Waals surface area contributed by atoms with E-state index in [0.717, 1.165) is 32.2 Å². The molecule has 0 radical (unpaired) electrons. The van der Waals surface area contributed by atoms with Crippen molar-refractivity contribution < 1.29 is 9.53 Å². The van der Waals surface area contributed by atoms with E-state index >= 15 is 0 Å². The third-order valence-electron chi connectivity index (χ3n) is 4.99.